The monoisotopic (exact) mass is 1650 g/mol. The first-order chi connectivity index (χ1) is 54.8. The van der Waals surface area contributed by atoms with Crippen molar-refractivity contribution in [1.29, 1.82) is 0 Å². The summed E-state index contributed by atoms with van der Waals surface area (Å²) in [4.78, 5) is 106. The summed E-state index contributed by atoms with van der Waals surface area (Å²) in [6.07, 6.45) is 19.7. The van der Waals surface area contributed by atoms with Crippen LogP contribution >= 0.6 is 0 Å². The van der Waals surface area contributed by atoms with E-state index in [-0.39, 0.29) is 56.3 Å². The van der Waals surface area contributed by atoms with Crippen LogP contribution in [0.1, 0.15) is 167 Å². The fraction of sp³-hybridized carbons (Fsp3) is 0.647. The number of methoxy groups -OCH3 is 2. The minimum absolute atomic E-state index is 0.0465. The molecule has 0 spiro atoms. The second-order valence-corrected chi connectivity index (χ2v) is 23.2. The maximum Gasteiger partial charge on any atom is 0.333 e. The van der Waals surface area contributed by atoms with Gasteiger partial charge in [-0.1, -0.05) is 159 Å². The van der Waals surface area contributed by atoms with E-state index in [2.05, 4.69) is 145 Å². The first kappa shape index (κ1) is 127. The number of hydrogen-bond acceptors (Lipinski definition) is 30. The summed E-state index contributed by atoms with van der Waals surface area (Å²) in [6.45, 7) is 68.4. The zero-order valence-electron chi connectivity index (χ0n) is 72.8. The molecule has 115 heavy (non-hydrogen) atoms. The predicted octanol–water partition coefficient (Wildman–Crippen LogP) is 12.6. The van der Waals surface area contributed by atoms with Crippen molar-refractivity contribution in [2.45, 2.75) is 167 Å². The third kappa shape index (κ3) is 124. The van der Waals surface area contributed by atoms with E-state index in [1.807, 2.05) is 13.8 Å². The molecule has 0 saturated carbocycles. The van der Waals surface area contributed by atoms with Crippen LogP contribution in [-0.2, 0) is 133 Å². The van der Waals surface area contributed by atoms with Crippen molar-refractivity contribution >= 4 is 59.7 Å². The third-order valence-corrected chi connectivity index (χ3v) is 12.6. The molecular formula is C85H150O30. The second kappa shape index (κ2) is 108. The fourth-order valence-corrected chi connectivity index (χ4v) is 6.10. The number of carbonyl (C=O) groups is 10. The zero-order valence-corrected chi connectivity index (χ0v) is 72.8. The summed E-state index contributed by atoms with van der Waals surface area (Å²) in [7, 11) is 3.09. The number of ether oxygens (including phenoxy) is 18. The van der Waals surface area contributed by atoms with Gasteiger partial charge in [-0.3, -0.25) is 0 Å². The molecule has 30 nitrogen and oxygen atoms in total. The number of esters is 10. The maximum absolute atomic E-state index is 11.1. The van der Waals surface area contributed by atoms with Gasteiger partial charge in [0.05, 0.1) is 66.1 Å². The molecule has 0 rings (SSSR count). The van der Waals surface area contributed by atoms with Crippen LogP contribution in [-0.4, -0.2) is 256 Å². The lowest BCUT2D eigenvalue weighted by molar-refractivity contribution is -0.141. The van der Waals surface area contributed by atoms with Crippen molar-refractivity contribution in [3.8, 4) is 0 Å². The van der Waals surface area contributed by atoms with Gasteiger partial charge in [-0.25, -0.2) is 47.9 Å². The Balaban J connectivity index is -0.000000134. The van der Waals surface area contributed by atoms with Gasteiger partial charge in [0, 0.05) is 112 Å². The molecule has 0 aliphatic heterocycles. The molecule has 2 unspecified atom stereocenters. The first-order valence-corrected chi connectivity index (χ1v) is 38.6. The summed E-state index contributed by atoms with van der Waals surface area (Å²) in [5, 5.41) is 16.3. The Morgan fingerprint density at radius 2 is 0.487 bits per heavy atom. The molecule has 0 aromatic carbocycles. The molecule has 2 N–H and O–H groups in total. The zero-order chi connectivity index (χ0) is 89.9. The molecule has 30 heteroatoms. The standard InChI is InChI=1S/C14H26O3.C13H24O3.C10H18O3.C9H16O3.C8H14O3.2C7H12O3.2C6H10O3.C5H8O3/c1-5-7-8-13(6-2)11-16-9-10-17-14(15)12(3)4;1-4-7-8-12(5-2)11-15-9-10-16-13(14)6-3;1-4-5-6-12-7-8-13-10(11)9(2)3;1-3-5-6-11-7-8-12-9(10)4-2;1-4-10-5-6-11-8(9)7(2)3;1-6(2)7(8)10-5-4-9-3;1-3-7(8)10-6-5-9-4-2;1-5(2)6(8)9-4-3-7;1-3-6(7)9-5-4-8-2;1-2-5(7)8-4-3-6/h13H,3,5-11H2,1-2,4H3;6,12H,3-5,7-11H2,1-2H3;2,4-8H2,1,3H3;4H,2-3,5-8H2,1H3;2,4-6H2,1,3H3;1,4-5H2,2-3H3;3H,1,4-6H2,2H3;7H,1,3-4H2,2H3;3H,1,4-5H2,2H3;2,6H,1,3-4H2. The van der Waals surface area contributed by atoms with Crippen molar-refractivity contribution in [1.82, 2.24) is 0 Å². The van der Waals surface area contributed by atoms with E-state index in [9.17, 15) is 47.9 Å². The minimum atomic E-state index is -0.501. The van der Waals surface area contributed by atoms with Gasteiger partial charge in [-0.2, -0.15) is 0 Å². The Kier molecular flexibility index (Phi) is 119. The predicted molar refractivity (Wildman–Crippen MR) is 445 cm³/mol. The van der Waals surface area contributed by atoms with Crippen LogP contribution in [0.5, 0.6) is 0 Å². The quantitative estimate of drug-likeness (QED) is 0.0247. The largest absolute Gasteiger partial charge is 0.460 e. The molecule has 0 aliphatic rings. The summed E-state index contributed by atoms with van der Waals surface area (Å²) < 4.78 is 87.1. The SMILES string of the molecule is C=C(C)C(=O)OCCO.C=C(C)C(=O)OCCOC.C=C(C)C(=O)OCCOCC.C=C(C)C(=O)OCCOCC(CC)CCCC.C=C(C)C(=O)OCCOCCCC.C=CC(=O)OCCO.C=CC(=O)OCCOC.C=CC(=O)OCCOCC.C=CC(=O)OCCOCC(CC)CCCC.C=CC(=O)OCCOCCCC. The molecule has 0 amide bonds. The Morgan fingerprint density at radius 3 is 0.704 bits per heavy atom. The van der Waals surface area contributed by atoms with Crippen LogP contribution in [0.4, 0.5) is 0 Å². The molecule has 0 bridgehead atoms. The van der Waals surface area contributed by atoms with Gasteiger partial charge in [0.15, 0.2) is 0 Å². The highest BCUT2D eigenvalue weighted by molar-refractivity contribution is 5.89. The van der Waals surface area contributed by atoms with Gasteiger partial charge in [0.2, 0.25) is 0 Å². The highest BCUT2D eigenvalue weighted by Gasteiger charge is 2.10. The number of rotatable bonds is 58. The topological polar surface area (TPSA) is 377 Å². The lowest BCUT2D eigenvalue weighted by Crippen LogP contribution is -2.14. The van der Waals surface area contributed by atoms with Gasteiger partial charge >= 0.3 is 59.7 Å². The van der Waals surface area contributed by atoms with Crippen LogP contribution in [0.3, 0.4) is 0 Å². The average Bonchev–Trinajstić information content (AvgIpc) is 1.03. The van der Waals surface area contributed by atoms with E-state index >= 15 is 0 Å². The van der Waals surface area contributed by atoms with E-state index in [1.165, 1.54) is 38.5 Å². The van der Waals surface area contributed by atoms with Crippen LogP contribution in [0.2, 0.25) is 0 Å². The van der Waals surface area contributed by atoms with Crippen LogP contribution in [0.25, 0.3) is 0 Å². The van der Waals surface area contributed by atoms with Gasteiger partial charge in [-0.15, -0.1) is 0 Å². The van der Waals surface area contributed by atoms with Crippen LogP contribution in [0, 0.1) is 11.8 Å². The Hall–Kier alpha value is -8.30. The highest BCUT2D eigenvalue weighted by atomic mass is 16.6. The fourth-order valence-electron chi connectivity index (χ4n) is 6.10. The van der Waals surface area contributed by atoms with E-state index < -0.39 is 29.8 Å². The smallest absolute Gasteiger partial charge is 0.333 e. The van der Waals surface area contributed by atoms with Crippen molar-refractivity contribution in [2.24, 2.45) is 11.8 Å². The van der Waals surface area contributed by atoms with E-state index in [0.29, 0.717) is 159 Å². The van der Waals surface area contributed by atoms with Gasteiger partial charge < -0.3 is 95.5 Å². The Bertz CT molecular complexity index is 2490. The lowest BCUT2D eigenvalue weighted by Gasteiger charge is -2.14. The molecular weight excluding hydrogens is 1500 g/mol. The average molecular weight is 1650 g/mol. The normalized spacial score (nSPS) is 9.92. The Labute approximate surface area is 689 Å². The Morgan fingerprint density at radius 1 is 0.278 bits per heavy atom. The molecule has 0 radical (unpaired) electrons. The summed E-state index contributed by atoms with van der Waals surface area (Å²) in [5.41, 5.74) is 2.04. The second-order valence-electron chi connectivity index (χ2n) is 23.2. The molecule has 0 fully saturated rings. The number of aliphatic hydroxyl groups is 2. The van der Waals surface area contributed by atoms with Gasteiger partial charge in [0.25, 0.3) is 0 Å². The summed E-state index contributed by atoms with van der Waals surface area (Å²) in [5.74, 6) is -2.69. The maximum atomic E-state index is 11.1. The first-order valence-electron chi connectivity index (χ1n) is 38.6. The minimum Gasteiger partial charge on any atom is -0.460 e. The summed E-state index contributed by atoms with van der Waals surface area (Å²) >= 11 is 0. The molecule has 0 heterocycles. The van der Waals surface area contributed by atoms with Crippen molar-refractivity contribution in [3.05, 3.63) is 124 Å². The third-order valence-electron chi connectivity index (χ3n) is 12.6. The van der Waals surface area contributed by atoms with E-state index in [1.54, 1.807) is 48.8 Å². The molecule has 0 saturated heterocycles. The molecule has 670 valence electrons. The van der Waals surface area contributed by atoms with Crippen LogP contribution in [0.15, 0.2) is 124 Å². The number of hydrogen-bond donors (Lipinski definition) is 2. The number of unbranched alkanes of at least 4 members (excludes halogenated alkanes) is 4. The van der Waals surface area contributed by atoms with Crippen molar-refractivity contribution < 1.29 is 143 Å². The number of aliphatic hydroxyl groups excluding tert-OH is 2. The summed E-state index contributed by atoms with van der Waals surface area (Å²) in [6, 6.07) is 0. The van der Waals surface area contributed by atoms with Gasteiger partial charge in [0.1, 0.15) is 66.1 Å². The highest BCUT2D eigenvalue weighted by Crippen LogP contribution is 2.14. The van der Waals surface area contributed by atoms with Crippen LogP contribution < -0.4 is 0 Å². The molecule has 0 aromatic rings. The van der Waals surface area contributed by atoms with Gasteiger partial charge in [-0.05, 0) is 86.0 Å². The van der Waals surface area contributed by atoms with Crippen molar-refractivity contribution in [3.63, 3.8) is 0 Å². The number of carbonyl (C=O) groups excluding carboxylic acids is 10. The lowest BCUT2D eigenvalue weighted by atomic mass is 10.0. The molecule has 0 aromatic heterocycles. The molecule has 2 atom stereocenters. The van der Waals surface area contributed by atoms with E-state index in [0.717, 1.165) is 95.3 Å². The van der Waals surface area contributed by atoms with E-state index in [4.69, 9.17) is 57.6 Å². The van der Waals surface area contributed by atoms with Crippen molar-refractivity contribution in [2.75, 3.05) is 186 Å². The molecule has 0 aliphatic carbocycles.